The fourth-order valence-electron chi connectivity index (χ4n) is 4.51. The van der Waals surface area contributed by atoms with Gasteiger partial charge in [-0.05, 0) is 92.4 Å². The minimum absolute atomic E-state index is 0.0688. The third-order valence-electron chi connectivity index (χ3n) is 6.68. The highest BCUT2D eigenvalue weighted by molar-refractivity contribution is 8.77. The van der Waals surface area contributed by atoms with Crippen LogP contribution in [0.25, 0.3) is 0 Å². The standard InChI is InChI=1S/C16H17N3OS3.C15H23N3OS2/c17-16(14-2-1-8-21-14)19-12-5-3-11(4-6-12)18-15(20)10-13-7-9-22-23-13;1-11-8-12(18-14(16)9-11)4-2-3-6-17-15(19)10-13-5-7-20-21-13/h1-6,8,13H,7,9-10H2,(H2,17,19)(H,18,20);8-9,13H,2-7,10H2,1H3,(H2,16,18)(H,17,19). The van der Waals surface area contributed by atoms with Crippen molar-refractivity contribution in [3.05, 3.63) is 70.0 Å². The van der Waals surface area contributed by atoms with Crippen LogP contribution in [0.4, 0.5) is 17.2 Å². The number of hydrogen-bond acceptors (Lipinski definition) is 10. The van der Waals surface area contributed by atoms with Gasteiger partial charge in [0, 0.05) is 52.8 Å². The van der Waals surface area contributed by atoms with E-state index in [2.05, 4.69) is 26.7 Å². The molecular weight excluding hydrogens is 649 g/mol. The van der Waals surface area contributed by atoms with E-state index in [1.54, 1.807) is 11.3 Å². The summed E-state index contributed by atoms with van der Waals surface area (Å²) in [5, 5.41) is 8.87. The number of carbonyl (C=O) groups excluding carboxylic acids is 2. The number of aromatic nitrogens is 1. The number of hydrogen-bond donors (Lipinski definition) is 4. The van der Waals surface area contributed by atoms with E-state index in [1.807, 2.05) is 97.9 Å². The molecule has 2 fully saturated rings. The number of anilines is 2. The van der Waals surface area contributed by atoms with Gasteiger partial charge in [0.1, 0.15) is 11.7 Å². The van der Waals surface area contributed by atoms with Crippen LogP contribution >= 0.6 is 54.5 Å². The van der Waals surface area contributed by atoms with Crippen LogP contribution in [0.2, 0.25) is 0 Å². The van der Waals surface area contributed by atoms with E-state index < -0.39 is 0 Å². The largest absolute Gasteiger partial charge is 0.384 e. The molecule has 2 aliphatic rings. The number of aryl methyl sites for hydroxylation is 2. The van der Waals surface area contributed by atoms with E-state index in [9.17, 15) is 9.59 Å². The van der Waals surface area contributed by atoms with Crippen LogP contribution in [0.5, 0.6) is 0 Å². The number of thiophene rings is 1. The van der Waals surface area contributed by atoms with Crippen molar-refractivity contribution in [2.75, 3.05) is 29.1 Å². The Morgan fingerprint density at radius 3 is 2.30 bits per heavy atom. The molecule has 0 saturated carbocycles. The molecule has 0 bridgehead atoms. The van der Waals surface area contributed by atoms with Gasteiger partial charge in [0.2, 0.25) is 11.8 Å². The number of carbonyl (C=O) groups is 2. The Labute approximate surface area is 280 Å². The van der Waals surface area contributed by atoms with E-state index in [4.69, 9.17) is 11.5 Å². The smallest absolute Gasteiger partial charge is 0.225 e. The average Bonchev–Trinajstić information content (AvgIpc) is 3.79. The summed E-state index contributed by atoms with van der Waals surface area (Å²) in [7, 11) is 7.39. The summed E-state index contributed by atoms with van der Waals surface area (Å²) in [6, 6.07) is 15.3. The monoisotopic (exact) mass is 688 g/mol. The summed E-state index contributed by atoms with van der Waals surface area (Å²) in [6.07, 6.45) is 6.41. The molecule has 4 heterocycles. The summed E-state index contributed by atoms with van der Waals surface area (Å²) in [6.45, 7) is 2.78. The molecule has 2 unspecified atom stereocenters. The molecule has 8 nitrogen and oxygen atoms in total. The van der Waals surface area contributed by atoms with Gasteiger partial charge in [0.05, 0.1) is 10.6 Å². The Hall–Kier alpha value is -2.32. The lowest BCUT2D eigenvalue weighted by molar-refractivity contribution is -0.121. The van der Waals surface area contributed by atoms with Gasteiger partial charge in [-0.2, -0.15) is 0 Å². The first kappa shape index (κ1) is 34.6. The average molecular weight is 689 g/mol. The lowest BCUT2D eigenvalue weighted by Gasteiger charge is -2.08. The van der Waals surface area contributed by atoms with Gasteiger partial charge >= 0.3 is 0 Å². The Bertz CT molecular complexity index is 1340. The number of nitrogens with zero attached hydrogens (tertiary/aromatic N) is 2. The fraction of sp³-hybridized carbons (Fsp3) is 0.419. The van der Waals surface area contributed by atoms with Crippen LogP contribution in [0.1, 0.15) is 54.7 Å². The third-order valence-corrected chi connectivity index (χ3v) is 13.4. The van der Waals surface area contributed by atoms with Crippen molar-refractivity contribution >= 4 is 89.4 Å². The van der Waals surface area contributed by atoms with E-state index in [1.165, 1.54) is 5.75 Å². The summed E-state index contributed by atoms with van der Waals surface area (Å²) in [5.74, 6) is 3.67. The van der Waals surface area contributed by atoms with Crippen LogP contribution in [0, 0.1) is 6.92 Å². The number of unbranched alkanes of at least 4 members (excludes halogenated alkanes) is 1. The highest BCUT2D eigenvalue weighted by Gasteiger charge is 2.20. The maximum atomic E-state index is 12.0. The third kappa shape index (κ3) is 12.6. The summed E-state index contributed by atoms with van der Waals surface area (Å²) < 4.78 is 0. The highest BCUT2D eigenvalue weighted by atomic mass is 33.1. The van der Waals surface area contributed by atoms with Crippen molar-refractivity contribution in [2.45, 2.75) is 62.4 Å². The molecule has 2 saturated heterocycles. The minimum atomic E-state index is 0.0688. The molecular formula is C31H40N6O2S5. The Morgan fingerprint density at radius 2 is 1.68 bits per heavy atom. The summed E-state index contributed by atoms with van der Waals surface area (Å²) in [5.41, 5.74) is 15.5. The Morgan fingerprint density at radius 1 is 0.977 bits per heavy atom. The maximum absolute atomic E-state index is 12.0. The van der Waals surface area contributed by atoms with E-state index in [-0.39, 0.29) is 11.8 Å². The predicted octanol–water partition coefficient (Wildman–Crippen LogP) is 7.22. The van der Waals surface area contributed by atoms with Crippen molar-refractivity contribution in [3.8, 4) is 0 Å². The van der Waals surface area contributed by atoms with Gasteiger partial charge in [0.15, 0.2) is 0 Å². The number of nitrogens with two attached hydrogens (primary N) is 2. The summed E-state index contributed by atoms with van der Waals surface area (Å²) >= 11 is 1.56. The number of benzene rings is 1. The van der Waals surface area contributed by atoms with Gasteiger partial charge in [-0.1, -0.05) is 49.2 Å². The lowest BCUT2D eigenvalue weighted by Crippen LogP contribution is -2.26. The van der Waals surface area contributed by atoms with E-state index in [0.717, 1.165) is 71.9 Å². The van der Waals surface area contributed by atoms with Crippen molar-refractivity contribution in [3.63, 3.8) is 0 Å². The first-order chi connectivity index (χ1) is 21.3. The number of nitrogen functional groups attached to an aromatic ring is 1. The first-order valence-corrected chi connectivity index (χ1v) is 20.3. The minimum Gasteiger partial charge on any atom is -0.384 e. The number of amides is 2. The van der Waals surface area contributed by atoms with Crippen LogP contribution in [-0.4, -0.2) is 51.2 Å². The van der Waals surface area contributed by atoms with Crippen LogP contribution in [0.15, 0.2) is 58.9 Å². The summed E-state index contributed by atoms with van der Waals surface area (Å²) in [4.78, 5) is 33.4. The second-order valence-electron chi connectivity index (χ2n) is 10.5. The number of nitrogens with one attached hydrogen (secondary N) is 2. The SMILES string of the molecule is Cc1cc(N)nc(CCCCNC(=O)CC2CCSS2)c1.NC(=Nc1ccc(NC(=O)CC2CCSS2)cc1)c1cccs1. The molecule has 3 aromatic rings. The molecule has 2 amide bonds. The number of pyridine rings is 1. The van der Waals surface area contributed by atoms with Crippen molar-refractivity contribution in [1.82, 2.24) is 10.3 Å². The molecule has 5 rings (SSSR count). The number of amidine groups is 1. The topological polar surface area (TPSA) is 135 Å². The van der Waals surface area contributed by atoms with Crippen molar-refractivity contribution in [2.24, 2.45) is 10.7 Å². The Kier molecular flexibility index (Phi) is 14.6. The van der Waals surface area contributed by atoms with E-state index >= 15 is 0 Å². The first-order valence-electron chi connectivity index (χ1n) is 14.7. The highest BCUT2D eigenvalue weighted by Crippen LogP contribution is 2.39. The molecule has 0 aliphatic carbocycles. The lowest BCUT2D eigenvalue weighted by atomic mass is 10.1. The normalized spacial score (nSPS) is 18.0. The number of rotatable bonds is 12. The second-order valence-corrected chi connectivity index (χ2v) is 17.0. The zero-order valence-corrected chi connectivity index (χ0v) is 28.9. The molecule has 44 heavy (non-hydrogen) atoms. The molecule has 6 N–H and O–H groups in total. The van der Waals surface area contributed by atoms with Crippen molar-refractivity contribution < 1.29 is 9.59 Å². The molecule has 236 valence electrons. The maximum Gasteiger partial charge on any atom is 0.225 e. The molecule has 2 atom stereocenters. The zero-order chi connectivity index (χ0) is 31.1. The molecule has 1 aromatic carbocycles. The molecule has 2 aliphatic heterocycles. The predicted molar refractivity (Wildman–Crippen MR) is 195 cm³/mol. The molecule has 2 aromatic heterocycles. The number of aliphatic imine (C=N–C) groups is 1. The molecule has 0 radical (unpaired) electrons. The fourth-order valence-corrected chi connectivity index (χ4v) is 10.9. The molecule has 13 heteroatoms. The van der Waals surface area contributed by atoms with Crippen LogP contribution < -0.4 is 22.1 Å². The van der Waals surface area contributed by atoms with Gasteiger partial charge in [-0.15, -0.1) is 11.3 Å². The molecule has 0 spiro atoms. The quantitative estimate of drug-likeness (QED) is 0.0673. The van der Waals surface area contributed by atoms with E-state index in [0.29, 0.717) is 35.0 Å². The van der Waals surface area contributed by atoms with Crippen LogP contribution in [0.3, 0.4) is 0 Å². The van der Waals surface area contributed by atoms with Gasteiger partial charge in [-0.25, -0.2) is 9.98 Å². The zero-order valence-electron chi connectivity index (χ0n) is 24.8. The van der Waals surface area contributed by atoms with Gasteiger partial charge in [-0.3, -0.25) is 9.59 Å². The van der Waals surface area contributed by atoms with Crippen molar-refractivity contribution in [1.29, 1.82) is 0 Å². The van der Waals surface area contributed by atoms with Gasteiger partial charge in [0.25, 0.3) is 0 Å². The Balaban J connectivity index is 0.000000202. The van der Waals surface area contributed by atoms with Gasteiger partial charge < -0.3 is 22.1 Å². The second kappa shape index (κ2) is 18.6. The van der Waals surface area contributed by atoms with Crippen LogP contribution in [-0.2, 0) is 16.0 Å².